The molecule has 7 rings (SSSR count). The Bertz CT molecular complexity index is 1760. The van der Waals surface area contributed by atoms with Crippen molar-refractivity contribution in [3.8, 4) is 0 Å². The molecule has 0 aliphatic heterocycles. The maximum absolute atomic E-state index is 13.4. The molecule has 2 bridgehead atoms. The predicted molar refractivity (Wildman–Crippen MR) is 150 cm³/mol. The van der Waals surface area contributed by atoms with Crippen LogP contribution in [0.1, 0.15) is 53.6 Å². The first-order chi connectivity index (χ1) is 19.9. The molecule has 7 nitrogen and oxygen atoms in total. The van der Waals surface area contributed by atoms with Gasteiger partial charge in [0.25, 0.3) is 15.9 Å². The second-order valence-electron chi connectivity index (χ2n) is 11.5. The zero-order valence-corrected chi connectivity index (χ0v) is 23.3. The highest BCUT2D eigenvalue weighted by Crippen LogP contribution is 2.69. The molecule has 0 radical (unpaired) electrons. The number of hydrogen-bond donors (Lipinski definition) is 2. The van der Waals surface area contributed by atoms with Crippen LogP contribution < -0.4 is 10.0 Å². The fraction of sp³-hybridized carbons (Fsp3) is 0.290. The summed E-state index contributed by atoms with van der Waals surface area (Å²) in [5.41, 5.74) is 0.712. The number of para-hydroxylation sites is 1. The van der Waals surface area contributed by atoms with Crippen molar-refractivity contribution >= 4 is 32.7 Å². The third-order valence-electron chi connectivity index (χ3n) is 8.37. The topological polar surface area (TPSA) is 97.3 Å². The van der Waals surface area contributed by atoms with Gasteiger partial charge >= 0.3 is 6.18 Å². The Labute approximate surface area is 240 Å². The van der Waals surface area contributed by atoms with Gasteiger partial charge in [0, 0.05) is 30.1 Å². The van der Waals surface area contributed by atoms with Gasteiger partial charge in [-0.15, -0.1) is 0 Å². The van der Waals surface area contributed by atoms with Crippen LogP contribution in [0, 0.1) is 5.41 Å². The lowest BCUT2D eigenvalue weighted by atomic mass is 9.38. The number of alkyl halides is 3. The smallest absolute Gasteiger partial charge is 0.346 e. The molecule has 42 heavy (non-hydrogen) atoms. The summed E-state index contributed by atoms with van der Waals surface area (Å²) >= 11 is 0. The number of nitrogens with one attached hydrogen (secondary N) is 2. The van der Waals surface area contributed by atoms with Gasteiger partial charge in [-0.1, -0.05) is 42.5 Å². The van der Waals surface area contributed by atoms with Gasteiger partial charge in [-0.05, 0) is 73.1 Å². The van der Waals surface area contributed by atoms with Crippen molar-refractivity contribution in [3.63, 3.8) is 0 Å². The number of carbonyl (C=O) groups excluding carboxylic acids is 2. The summed E-state index contributed by atoms with van der Waals surface area (Å²) in [7, 11) is -3.91. The summed E-state index contributed by atoms with van der Waals surface area (Å²) in [6, 6.07) is 20.0. The predicted octanol–water partition coefficient (Wildman–Crippen LogP) is 5.65. The summed E-state index contributed by atoms with van der Waals surface area (Å²) in [6.07, 6.45) is 0.170. The second kappa shape index (κ2) is 10.0. The first-order valence-corrected chi connectivity index (χ1v) is 15.0. The van der Waals surface area contributed by atoms with Crippen LogP contribution in [0.15, 0.2) is 90.0 Å². The van der Waals surface area contributed by atoms with Gasteiger partial charge < -0.3 is 9.88 Å². The van der Waals surface area contributed by atoms with Crippen molar-refractivity contribution < 1.29 is 31.2 Å². The molecule has 4 aromatic rings. The number of carbonyl (C=O) groups is 2. The molecule has 2 N–H and O–H groups in total. The summed E-state index contributed by atoms with van der Waals surface area (Å²) in [6.45, 7) is 0.308. The average Bonchev–Trinajstić information content (AvgIpc) is 3.32. The van der Waals surface area contributed by atoms with Crippen LogP contribution >= 0.6 is 0 Å². The number of hydrogen-bond acceptors (Lipinski definition) is 4. The first-order valence-electron chi connectivity index (χ1n) is 13.5. The third-order valence-corrected chi connectivity index (χ3v) is 9.76. The fourth-order valence-corrected chi connectivity index (χ4v) is 7.55. The molecule has 3 fully saturated rings. The third kappa shape index (κ3) is 5.29. The van der Waals surface area contributed by atoms with Gasteiger partial charge in [0.1, 0.15) is 0 Å². The molecule has 1 aromatic heterocycles. The highest BCUT2D eigenvalue weighted by Gasteiger charge is 2.67. The lowest BCUT2D eigenvalue weighted by Crippen LogP contribution is -2.74. The molecule has 0 unspecified atom stereocenters. The van der Waals surface area contributed by atoms with E-state index in [0.717, 1.165) is 17.5 Å². The van der Waals surface area contributed by atoms with Crippen LogP contribution in [0.5, 0.6) is 0 Å². The van der Waals surface area contributed by atoms with Crippen LogP contribution in [0.3, 0.4) is 0 Å². The largest absolute Gasteiger partial charge is 0.416 e. The molecule has 11 heteroatoms. The van der Waals surface area contributed by atoms with Crippen molar-refractivity contribution in [3.05, 3.63) is 102 Å². The standard InChI is InChI=1S/C31H28F3N3O4S/c32-31(33,34)23-11-9-21(10-12-23)17-37-16-14-22-5-4-8-25(27(22)37)28(39)35-30-18-29(19-30,20-30)15-13-26(38)36-42(40,41)24-6-2-1-3-7-24/h1-12,14,16H,13,15,17-20H2,(H,35,39)(H,36,38). The lowest BCUT2D eigenvalue weighted by molar-refractivity contribution is -0.156. The number of rotatable bonds is 9. The second-order valence-corrected chi connectivity index (χ2v) is 13.2. The Kier molecular flexibility index (Phi) is 6.68. The van der Waals surface area contributed by atoms with Gasteiger partial charge in [-0.2, -0.15) is 13.2 Å². The number of amides is 2. The van der Waals surface area contributed by atoms with Crippen LogP contribution in [0.4, 0.5) is 13.2 Å². The van der Waals surface area contributed by atoms with E-state index in [1.807, 2.05) is 22.9 Å². The van der Waals surface area contributed by atoms with Gasteiger partial charge in [-0.3, -0.25) is 9.59 Å². The molecular formula is C31H28F3N3O4S. The maximum Gasteiger partial charge on any atom is 0.416 e. The van der Waals surface area contributed by atoms with E-state index in [-0.39, 0.29) is 28.2 Å². The van der Waals surface area contributed by atoms with Gasteiger partial charge in [0.2, 0.25) is 5.91 Å². The Morgan fingerprint density at radius 2 is 1.57 bits per heavy atom. The Morgan fingerprint density at radius 3 is 2.24 bits per heavy atom. The number of benzene rings is 3. The highest BCUT2D eigenvalue weighted by atomic mass is 32.2. The molecule has 3 saturated carbocycles. The molecule has 1 heterocycles. The molecule has 218 valence electrons. The number of nitrogens with zero attached hydrogens (tertiary/aromatic N) is 1. The van der Waals surface area contributed by atoms with Crippen LogP contribution in [-0.2, 0) is 27.5 Å². The van der Waals surface area contributed by atoms with Gasteiger partial charge in [0.05, 0.1) is 21.5 Å². The molecule has 3 aliphatic carbocycles. The van der Waals surface area contributed by atoms with Crippen LogP contribution in [0.25, 0.3) is 10.9 Å². The number of fused-ring (bicyclic) bond motifs is 1. The molecular weight excluding hydrogens is 567 g/mol. The van der Waals surface area contributed by atoms with E-state index in [1.54, 1.807) is 30.3 Å². The number of sulfonamides is 1. The molecule has 3 aliphatic rings. The van der Waals surface area contributed by atoms with Crippen LogP contribution in [0.2, 0.25) is 0 Å². The van der Waals surface area contributed by atoms with Crippen LogP contribution in [-0.4, -0.2) is 30.3 Å². The van der Waals surface area contributed by atoms with E-state index in [4.69, 9.17) is 0 Å². The fourth-order valence-electron chi connectivity index (χ4n) is 6.51. The SMILES string of the molecule is O=C(CCC12CC(NC(=O)c3cccc4ccn(Cc5ccc(C(F)(F)F)cc5)c34)(C1)C2)NS(=O)(=O)c1ccccc1. The minimum atomic E-state index is -4.40. The van der Waals surface area contributed by atoms with Gasteiger partial charge in [0.15, 0.2) is 0 Å². The first kappa shape index (κ1) is 28.0. The maximum atomic E-state index is 13.4. The lowest BCUT2D eigenvalue weighted by Gasteiger charge is -2.71. The van der Waals surface area contributed by atoms with Crippen molar-refractivity contribution in [2.45, 2.75) is 55.3 Å². The summed E-state index contributed by atoms with van der Waals surface area (Å²) < 4.78 is 67.6. The van der Waals surface area contributed by atoms with E-state index in [9.17, 15) is 31.2 Å². The zero-order valence-electron chi connectivity index (χ0n) is 22.4. The molecule has 0 saturated heterocycles. The monoisotopic (exact) mass is 595 g/mol. The molecule has 3 aromatic carbocycles. The highest BCUT2D eigenvalue weighted by molar-refractivity contribution is 7.90. The Morgan fingerprint density at radius 1 is 0.881 bits per heavy atom. The van der Waals surface area contributed by atoms with Gasteiger partial charge in [-0.25, -0.2) is 13.1 Å². The number of halogens is 3. The van der Waals surface area contributed by atoms with E-state index in [0.29, 0.717) is 48.9 Å². The Hall–Kier alpha value is -4.12. The van der Waals surface area contributed by atoms with E-state index in [1.165, 1.54) is 24.3 Å². The van der Waals surface area contributed by atoms with Crippen molar-refractivity contribution in [1.82, 2.24) is 14.6 Å². The molecule has 0 spiro atoms. The molecule has 2 amide bonds. The normalized spacial score (nSPS) is 21.3. The average molecular weight is 596 g/mol. The van der Waals surface area contributed by atoms with E-state index in [2.05, 4.69) is 10.0 Å². The summed E-state index contributed by atoms with van der Waals surface area (Å²) in [5, 5.41) is 4.02. The van der Waals surface area contributed by atoms with Crippen molar-refractivity contribution in [2.75, 3.05) is 0 Å². The van der Waals surface area contributed by atoms with E-state index >= 15 is 0 Å². The number of aromatic nitrogens is 1. The minimum Gasteiger partial charge on any atom is -0.346 e. The van der Waals surface area contributed by atoms with Crippen molar-refractivity contribution in [1.29, 1.82) is 0 Å². The summed E-state index contributed by atoms with van der Waals surface area (Å²) in [4.78, 5) is 25.9. The van der Waals surface area contributed by atoms with Crippen molar-refractivity contribution in [2.24, 2.45) is 5.41 Å². The molecule has 0 atom stereocenters. The summed E-state index contributed by atoms with van der Waals surface area (Å²) in [5.74, 6) is -0.782. The van der Waals surface area contributed by atoms with E-state index < -0.39 is 27.7 Å². The zero-order chi connectivity index (χ0) is 29.8. The quantitative estimate of drug-likeness (QED) is 0.262. The Balaban J connectivity index is 1.07. The minimum absolute atomic E-state index is 0.0334.